The number of hydrogen-bond acceptors (Lipinski definition) is 4. The standard InChI is InChI=1S/C14H20N4O2S/c1-2-8-15-9-7-12-3-5-14(6-4-12)21(19,20)18-13-10-16-17-11-13/h3-6,10-11,15,18H,2,7-9H2,1H3,(H,16,17). The molecule has 0 saturated carbocycles. The third kappa shape index (κ3) is 4.57. The topological polar surface area (TPSA) is 86.9 Å². The second-order valence-electron chi connectivity index (χ2n) is 4.74. The second kappa shape index (κ2) is 7.24. The first kappa shape index (κ1) is 15.5. The fraction of sp³-hybridized carbons (Fsp3) is 0.357. The van der Waals surface area contributed by atoms with Crippen LogP contribution in [0.1, 0.15) is 18.9 Å². The highest BCUT2D eigenvalue weighted by atomic mass is 32.2. The van der Waals surface area contributed by atoms with Crippen LogP contribution in [0.5, 0.6) is 0 Å². The summed E-state index contributed by atoms with van der Waals surface area (Å²) in [6.07, 6.45) is 4.91. The van der Waals surface area contributed by atoms with E-state index in [1.807, 2.05) is 12.1 Å². The summed E-state index contributed by atoms with van der Waals surface area (Å²) in [5, 5.41) is 9.58. The Balaban J connectivity index is 1.97. The van der Waals surface area contributed by atoms with Gasteiger partial charge in [0.2, 0.25) is 0 Å². The zero-order valence-electron chi connectivity index (χ0n) is 12.0. The summed E-state index contributed by atoms with van der Waals surface area (Å²) in [5.41, 5.74) is 1.53. The first-order chi connectivity index (χ1) is 10.1. The van der Waals surface area contributed by atoms with Gasteiger partial charge >= 0.3 is 0 Å². The molecule has 0 radical (unpaired) electrons. The van der Waals surface area contributed by atoms with Gasteiger partial charge in [0.05, 0.1) is 16.8 Å². The first-order valence-electron chi connectivity index (χ1n) is 6.93. The van der Waals surface area contributed by atoms with Crippen molar-refractivity contribution in [1.29, 1.82) is 0 Å². The van der Waals surface area contributed by atoms with Crippen molar-refractivity contribution in [3.63, 3.8) is 0 Å². The molecule has 0 aliphatic heterocycles. The second-order valence-corrected chi connectivity index (χ2v) is 6.42. The minimum atomic E-state index is -3.55. The zero-order chi connectivity index (χ0) is 15.1. The highest BCUT2D eigenvalue weighted by molar-refractivity contribution is 7.92. The van der Waals surface area contributed by atoms with Gasteiger partial charge in [0.25, 0.3) is 10.0 Å². The van der Waals surface area contributed by atoms with Gasteiger partial charge in [-0.15, -0.1) is 0 Å². The largest absolute Gasteiger partial charge is 0.316 e. The van der Waals surface area contributed by atoms with Gasteiger partial charge in [-0.3, -0.25) is 9.82 Å². The van der Waals surface area contributed by atoms with Crippen LogP contribution in [-0.4, -0.2) is 31.7 Å². The Bertz CT molecular complexity index is 636. The maximum absolute atomic E-state index is 12.1. The molecule has 114 valence electrons. The van der Waals surface area contributed by atoms with Crippen LogP contribution in [-0.2, 0) is 16.4 Å². The highest BCUT2D eigenvalue weighted by Gasteiger charge is 2.14. The maximum Gasteiger partial charge on any atom is 0.261 e. The third-order valence-electron chi connectivity index (χ3n) is 3.00. The number of aromatic amines is 1. The summed E-state index contributed by atoms with van der Waals surface area (Å²) in [6, 6.07) is 6.93. The molecule has 7 heteroatoms. The minimum Gasteiger partial charge on any atom is -0.316 e. The minimum absolute atomic E-state index is 0.244. The monoisotopic (exact) mass is 308 g/mol. The molecule has 0 aliphatic carbocycles. The van der Waals surface area contributed by atoms with Gasteiger partial charge in [-0.05, 0) is 43.6 Å². The number of anilines is 1. The summed E-state index contributed by atoms with van der Waals surface area (Å²) >= 11 is 0. The van der Waals surface area contributed by atoms with E-state index in [0.29, 0.717) is 5.69 Å². The first-order valence-corrected chi connectivity index (χ1v) is 8.41. The molecule has 0 aliphatic rings. The zero-order valence-corrected chi connectivity index (χ0v) is 12.8. The van der Waals surface area contributed by atoms with E-state index in [0.717, 1.165) is 31.5 Å². The van der Waals surface area contributed by atoms with E-state index in [1.54, 1.807) is 12.1 Å². The maximum atomic E-state index is 12.1. The molecule has 0 spiro atoms. The number of rotatable bonds is 8. The number of sulfonamides is 1. The Morgan fingerprint density at radius 3 is 2.57 bits per heavy atom. The van der Waals surface area contributed by atoms with Crippen molar-refractivity contribution in [3.05, 3.63) is 42.2 Å². The van der Waals surface area contributed by atoms with E-state index in [4.69, 9.17) is 0 Å². The van der Waals surface area contributed by atoms with Gasteiger partial charge in [0.1, 0.15) is 0 Å². The molecule has 0 amide bonds. The van der Waals surface area contributed by atoms with Crippen molar-refractivity contribution in [1.82, 2.24) is 15.5 Å². The van der Waals surface area contributed by atoms with Crippen LogP contribution in [0.15, 0.2) is 41.6 Å². The lowest BCUT2D eigenvalue weighted by molar-refractivity contribution is 0.601. The molecule has 2 aromatic rings. The van der Waals surface area contributed by atoms with E-state index < -0.39 is 10.0 Å². The molecule has 1 aromatic heterocycles. The molecule has 0 fully saturated rings. The number of H-pyrrole nitrogens is 1. The van der Waals surface area contributed by atoms with Crippen LogP contribution in [0.2, 0.25) is 0 Å². The number of nitrogens with one attached hydrogen (secondary N) is 3. The smallest absolute Gasteiger partial charge is 0.261 e. The van der Waals surface area contributed by atoms with Crippen LogP contribution in [0.25, 0.3) is 0 Å². The van der Waals surface area contributed by atoms with E-state index in [9.17, 15) is 8.42 Å². The summed E-state index contributed by atoms with van der Waals surface area (Å²) in [6.45, 7) is 4.02. The Labute approximate surface area is 125 Å². The van der Waals surface area contributed by atoms with Gasteiger partial charge in [-0.1, -0.05) is 19.1 Å². The number of hydrogen-bond donors (Lipinski definition) is 3. The van der Waals surface area contributed by atoms with Gasteiger partial charge in [0.15, 0.2) is 0 Å². The number of benzene rings is 1. The fourth-order valence-electron chi connectivity index (χ4n) is 1.89. The molecule has 0 atom stereocenters. The van der Waals surface area contributed by atoms with Crippen LogP contribution < -0.4 is 10.0 Å². The normalized spacial score (nSPS) is 11.5. The molecule has 21 heavy (non-hydrogen) atoms. The Hall–Kier alpha value is -1.86. The van der Waals surface area contributed by atoms with Crippen molar-refractivity contribution in [3.8, 4) is 0 Å². The van der Waals surface area contributed by atoms with Crippen molar-refractivity contribution in [2.75, 3.05) is 17.8 Å². The molecule has 3 N–H and O–H groups in total. The Morgan fingerprint density at radius 1 is 1.19 bits per heavy atom. The van der Waals surface area contributed by atoms with Crippen molar-refractivity contribution >= 4 is 15.7 Å². The highest BCUT2D eigenvalue weighted by Crippen LogP contribution is 2.15. The van der Waals surface area contributed by atoms with E-state index in [2.05, 4.69) is 27.2 Å². The molecule has 1 aromatic carbocycles. The molecule has 2 rings (SSSR count). The third-order valence-corrected chi connectivity index (χ3v) is 4.40. The molecule has 0 saturated heterocycles. The van der Waals surface area contributed by atoms with E-state index >= 15 is 0 Å². The van der Waals surface area contributed by atoms with Crippen LogP contribution >= 0.6 is 0 Å². The fourth-order valence-corrected chi connectivity index (χ4v) is 2.92. The summed E-state index contributed by atoms with van der Waals surface area (Å²) < 4.78 is 26.7. The quantitative estimate of drug-likeness (QED) is 0.648. The predicted octanol–water partition coefficient (Wildman–Crippen LogP) is 1.75. The van der Waals surface area contributed by atoms with Gasteiger partial charge in [0, 0.05) is 6.20 Å². The van der Waals surface area contributed by atoms with Gasteiger partial charge in [-0.25, -0.2) is 8.42 Å². The average molecular weight is 308 g/mol. The van der Waals surface area contributed by atoms with Crippen LogP contribution in [0.3, 0.4) is 0 Å². The summed E-state index contributed by atoms with van der Waals surface area (Å²) in [5.74, 6) is 0. The summed E-state index contributed by atoms with van der Waals surface area (Å²) in [7, 11) is -3.55. The lowest BCUT2D eigenvalue weighted by Crippen LogP contribution is -2.17. The van der Waals surface area contributed by atoms with Gasteiger partial charge < -0.3 is 5.32 Å². The van der Waals surface area contributed by atoms with Gasteiger partial charge in [-0.2, -0.15) is 5.10 Å². The van der Waals surface area contributed by atoms with E-state index in [1.165, 1.54) is 12.4 Å². The van der Waals surface area contributed by atoms with Crippen molar-refractivity contribution in [2.24, 2.45) is 0 Å². The molecular weight excluding hydrogens is 288 g/mol. The predicted molar refractivity (Wildman–Crippen MR) is 82.7 cm³/mol. The van der Waals surface area contributed by atoms with Crippen LogP contribution in [0, 0.1) is 0 Å². The Kier molecular flexibility index (Phi) is 5.35. The number of aromatic nitrogens is 2. The average Bonchev–Trinajstić information content (AvgIpc) is 2.96. The molecule has 1 heterocycles. The van der Waals surface area contributed by atoms with E-state index in [-0.39, 0.29) is 4.90 Å². The summed E-state index contributed by atoms with van der Waals surface area (Å²) in [4.78, 5) is 0.244. The van der Waals surface area contributed by atoms with Crippen molar-refractivity contribution in [2.45, 2.75) is 24.7 Å². The van der Waals surface area contributed by atoms with Crippen molar-refractivity contribution < 1.29 is 8.42 Å². The molecule has 6 nitrogen and oxygen atoms in total. The molecule has 0 bridgehead atoms. The lowest BCUT2D eigenvalue weighted by Gasteiger charge is -2.07. The SMILES string of the molecule is CCCNCCc1ccc(S(=O)(=O)Nc2cn[nH]c2)cc1. The Morgan fingerprint density at radius 2 is 1.95 bits per heavy atom. The molecule has 0 unspecified atom stereocenters. The number of nitrogens with zero attached hydrogens (tertiary/aromatic N) is 1. The van der Waals surface area contributed by atoms with Crippen LogP contribution in [0.4, 0.5) is 5.69 Å². The lowest BCUT2D eigenvalue weighted by atomic mass is 10.1. The molecular formula is C14H20N4O2S.